The topological polar surface area (TPSA) is 44.7 Å². The maximum absolute atomic E-state index is 9.66. The Morgan fingerprint density at radius 3 is 2.91 bits per heavy atom. The number of piperazine rings is 1. The van der Waals surface area contributed by atoms with Crippen LogP contribution in [0.2, 0.25) is 0 Å². The maximum atomic E-state index is 9.66. The van der Waals surface area contributed by atoms with Crippen molar-refractivity contribution in [3.8, 4) is 11.5 Å². The van der Waals surface area contributed by atoms with E-state index in [0.717, 1.165) is 37.5 Å². The summed E-state index contributed by atoms with van der Waals surface area (Å²) in [7, 11) is 1.72. The van der Waals surface area contributed by atoms with Crippen molar-refractivity contribution in [3.63, 3.8) is 0 Å². The summed E-state index contributed by atoms with van der Waals surface area (Å²) in [4.78, 5) is 2.43. The highest BCUT2D eigenvalue weighted by molar-refractivity contribution is 5.37. The first-order chi connectivity index (χ1) is 10.8. The van der Waals surface area contributed by atoms with Crippen LogP contribution in [0.25, 0.3) is 0 Å². The molecule has 4 heteroatoms. The standard InChI is InChI=1S/C18H22N2O2/c1-22-18-8-3-2-7-16(18)17-12-19-9-10-20(17)13-14-5-4-6-15(21)11-14/h2-8,11,17,19,21H,9-10,12-13H2,1H3. The molecule has 0 aromatic heterocycles. The van der Waals surface area contributed by atoms with Crippen LogP contribution in [0.3, 0.4) is 0 Å². The molecule has 0 saturated carbocycles. The molecule has 0 aliphatic carbocycles. The van der Waals surface area contributed by atoms with E-state index in [-0.39, 0.29) is 6.04 Å². The molecule has 1 fully saturated rings. The fourth-order valence-corrected chi connectivity index (χ4v) is 3.07. The average molecular weight is 298 g/mol. The molecule has 2 N–H and O–H groups in total. The number of hydrogen-bond donors (Lipinski definition) is 2. The fraction of sp³-hybridized carbons (Fsp3) is 0.333. The highest BCUT2D eigenvalue weighted by Crippen LogP contribution is 2.31. The van der Waals surface area contributed by atoms with Gasteiger partial charge in [-0.15, -0.1) is 0 Å². The Hall–Kier alpha value is -2.04. The molecule has 1 saturated heterocycles. The number of benzene rings is 2. The summed E-state index contributed by atoms with van der Waals surface area (Å²) in [6, 6.07) is 16.0. The van der Waals surface area contributed by atoms with Gasteiger partial charge in [0.25, 0.3) is 0 Å². The molecule has 2 aromatic rings. The molecule has 0 amide bonds. The number of aromatic hydroxyl groups is 1. The number of nitrogens with zero attached hydrogens (tertiary/aromatic N) is 1. The predicted octanol–water partition coefficient (Wildman–Crippen LogP) is 2.55. The lowest BCUT2D eigenvalue weighted by atomic mass is 10.0. The fourth-order valence-electron chi connectivity index (χ4n) is 3.07. The number of nitrogens with one attached hydrogen (secondary N) is 1. The summed E-state index contributed by atoms with van der Waals surface area (Å²) in [5.74, 6) is 1.25. The van der Waals surface area contributed by atoms with Crippen molar-refractivity contribution in [2.45, 2.75) is 12.6 Å². The lowest BCUT2D eigenvalue weighted by Crippen LogP contribution is -2.45. The van der Waals surface area contributed by atoms with Crippen LogP contribution in [-0.2, 0) is 6.54 Å². The molecule has 1 heterocycles. The van der Waals surface area contributed by atoms with Gasteiger partial charge in [0.15, 0.2) is 0 Å². The number of rotatable bonds is 4. The first-order valence-corrected chi connectivity index (χ1v) is 7.63. The Morgan fingerprint density at radius 2 is 2.09 bits per heavy atom. The Kier molecular flexibility index (Phi) is 4.61. The van der Waals surface area contributed by atoms with Crippen molar-refractivity contribution >= 4 is 0 Å². The van der Waals surface area contributed by atoms with E-state index in [4.69, 9.17) is 4.74 Å². The average Bonchev–Trinajstić information content (AvgIpc) is 2.55. The second-order valence-corrected chi connectivity index (χ2v) is 5.60. The summed E-state index contributed by atoms with van der Waals surface area (Å²) in [6.07, 6.45) is 0. The van der Waals surface area contributed by atoms with Crippen molar-refractivity contribution in [1.29, 1.82) is 0 Å². The lowest BCUT2D eigenvalue weighted by molar-refractivity contribution is 0.151. The Balaban J connectivity index is 1.85. The van der Waals surface area contributed by atoms with Gasteiger partial charge >= 0.3 is 0 Å². The molecule has 3 rings (SSSR count). The van der Waals surface area contributed by atoms with E-state index in [2.05, 4.69) is 28.4 Å². The van der Waals surface area contributed by atoms with Crippen LogP contribution in [-0.4, -0.2) is 36.8 Å². The van der Waals surface area contributed by atoms with E-state index in [1.165, 1.54) is 5.56 Å². The van der Waals surface area contributed by atoms with Crippen molar-refractivity contribution in [2.75, 3.05) is 26.7 Å². The minimum Gasteiger partial charge on any atom is -0.508 e. The van der Waals surface area contributed by atoms with Crippen LogP contribution >= 0.6 is 0 Å². The van der Waals surface area contributed by atoms with Gasteiger partial charge in [0, 0.05) is 31.7 Å². The third kappa shape index (κ3) is 3.24. The number of phenolic OH excluding ortho intramolecular Hbond substituents is 1. The molecule has 2 aromatic carbocycles. The van der Waals surface area contributed by atoms with Crippen molar-refractivity contribution < 1.29 is 9.84 Å². The van der Waals surface area contributed by atoms with Gasteiger partial charge in [-0.1, -0.05) is 30.3 Å². The quantitative estimate of drug-likeness (QED) is 0.910. The zero-order chi connectivity index (χ0) is 15.4. The number of para-hydroxylation sites is 1. The second kappa shape index (κ2) is 6.81. The summed E-state index contributed by atoms with van der Waals surface area (Å²) < 4.78 is 5.52. The first kappa shape index (κ1) is 14.9. The minimum atomic E-state index is 0.271. The molecule has 4 nitrogen and oxygen atoms in total. The maximum Gasteiger partial charge on any atom is 0.123 e. The molecular weight excluding hydrogens is 276 g/mol. The molecule has 1 unspecified atom stereocenters. The number of methoxy groups -OCH3 is 1. The van der Waals surface area contributed by atoms with E-state index in [0.29, 0.717) is 5.75 Å². The van der Waals surface area contributed by atoms with Crippen LogP contribution in [0, 0.1) is 0 Å². The van der Waals surface area contributed by atoms with E-state index in [9.17, 15) is 5.11 Å². The van der Waals surface area contributed by atoms with E-state index in [1.807, 2.05) is 24.3 Å². The summed E-state index contributed by atoms with van der Waals surface area (Å²) in [6.45, 7) is 3.67. The van der Waals surface area contributed by atoms with E-state index in [1.54, 1.807) is 13.2 Å². The van der Waals surface area contributed by atoms with Crippen LogP contribution in [0.15, 0.2) is 48.5 Å². The smallest absolute Gasteiger partial charge is 0.123 e. The molecule has 0 spiro atoms. The predicted molar refractivity (Wildman–Crippen MR) is 87.1 cm³/mol. The number of hydrogen-bond acceptors (Lipinski definition) is 4. The van der Waals surface area contributed by atoms with Crippen molar-refractivity contribution in [3.05, 3.63) is 59.7 Å². The summed E-state index contributed by atoms with van der Waals surface area (Å²) >= 11 is 0. The first-order valence-electron chi connectivity index (χ1n) is 7.63. The van der Waals surface area contributed by atoms with Gasteiger partial charge in [0.2, 0.25) is 0 Å². The van der Waals surface area contributed by atoms with Crippen LogP contribution in [0.4, 0.5) is 0 Å². The third-order valence-corrected chi connectivity index (χ3v) is 4.15. The van der Waals surface area contributed by atoms with Gasteiger partial charge in [-0.3, -0.25) is 4.90 Å². The van der Waals surface area contributed by atoms with Gasteiger partial charge < -0.3 is 15.2 Å². The molecule has 0 bridgehead atoms. The molecule has 0 radical (unpaired) electrons. The molecule has 22 heavy (non-hydrogen) atoms. The largest absolute Gasteiger partial charge is 0.508 e. The Labute approximate surface area is 131 Å². The van der Waals surface area contributed by atoms with E-state index >= 15 is 0 Å². The van der Waals surface area contributed by atoms with Gasteiger partial charge in [0.1, 0.15) is 11.5 Å². The van der Waals surface area contributed by atoms with Gasteiger partial charge in [-0.05, 0) is 23.8 Å². The zero-order valence-electron chi connectivity index (χ0n) is 12.8. The third-order valence-electron chi connectivity index (χ3n) is 4.15. The Bertz CT molecular complexity index is 630. The van der Waals surface area contributed by atoms with Gasteiger partial charge in [-0.2, -0.15) is 0 Å². The zero-order valence-corrected chi connectivity index (χ0v) is 12.8. The normalized spacial score (nSPS) is 19.0. The van der Waals surface area contributed by atoms with Crippen molar-refractivity contribution in [2.24, 2.45) is 0 Å². The number of phenols is 1. The highest BCUT2D eigenvalue weighted by Gasteiger charge is 2.26. The minimum absolute atomic E-state index is 0.271. The van der Waals surface area contributed by atoms with Gasteiger partial charge in [0.05, 0.1) is 13.2 Å². The molecular formula is C18H22N2O2. The molecule has 116 valence electrons. The van der Waals surface area contributed by atoms with Crippen molar-refractivity contribution in [1.82, 2.24) is 10.2 Å². The van der Waals surface area contributed by atoms with Crippen LogP contribution in [0.5, 0.6) is 11.5 Å². The Morgan fingerprint density at radius 1 is 1.23 bits per heavy atom. The lowest BCUT2D eigenvalue weighted by Gasteiger charge is -2.37. The van der Waals surface area contributed by atoms with Crippen LogP contribution < -0.4 is 10.1 Å². The van der Waals surface area contributed by atoms with Crippen LogP contribution in [0.1, 0.15) is 17.2 Å². The SMILES string of the molecule is COc1ccccc1C1CNCCN1Cc1cccc(O)c1. The number of ether oxygens (including phenoxy) is 1. The second-order valence-electron chi connectivity index (χ2n) is 5.60. The van der Waals surface area contributed by atoms with E-state index < -0.39 is 0 Å². The van der Waals surface area contributed by atoms with Gasteiger partial charge in [-0.25, -0.2) is 0 Å². The molecule has 1 aliphatic rings. The molecule has 1 aliphatic heterocycles. The monoisotopic (exact) mass is 298 g/mol. The summed E-state index contributed by atoms with van der Waals surface area (Å²) in [5, 5.41) is 13.1. The summed E-state index contributed by atoms with van der Waals surface area (Å²) in [5.41, 5.74) is 2.33. The molecule has 1 atom stereocenters. The highest BCUT2D eigenvalue weighted by atomic mass is 16.5.